The van der Waals surface area contributed by atoms with Crippen LogP contribution in [0.2, 0.25) is 0 Å². The third kappa shape index (κ3) is 24.1. The number of phosphoric ester groups is 1. The van der Waals surface area contributed by atoms with Gasteiger partial charge in [0, 0.05) is 31.6 Å². The molecule has 7 atom stereocenters. The van der Waals surface area contributed by atoms with Crippen LogP contribution in [0.4, 0.5) is 0 Å². The Morgan fingerprint density at radius 3 is 2.03 bits per heavy atom. The molecule has 1 unspecified atom stereocenters. The van der Waals surface area contributed by atoms with Crippen LogP contribution in [0, 0.1) is 25.7 Å². The highest BCUT2D eigenvalue weighted by Crippen LogP contribution is 2.43. The number of likely N-dealkylation sites (N-methyl/N-ethyl adjacent to an activating group) is 1. The van der Waals surface area contributed by atoms with Crippen LogP contribution >= 0.6 is 7.82 Å². The van der Waals surface area contributed by atoms with E-state index in [4.69, 9.17) is 22.9 Å². The number of rotatable bonds is 35. The lowest BCUT2D eigenvalue weighted by Gasteiger charge is -2.24. The van der Waals surface area contributed by atoms with Crippen LogP contribution in [0.15, 0.2) is 28.7 Å². The molecular weight excluding hydrogens is 813 g/mol. The Morgan fingerprint density at radius 2 is 1.40 bits per heavy atom. The first-order valence-electron chi connectivity index (χ1n) is 23.7. The van der Waals surface area contributed by atoms with E-state index in [9.17, 15) is 34.4 Å². The number of esters is 2. The summed E-state index contributed by atoms with van der Waals surface area (Å²) in [6, 6.07) is 0. The van der Waals surface area contributed by atoms with E-state index in [1.54, 1.807) is 24.3 Å². The van der Waals surface area contributed by atoms with Crippen molar-refractivity contribution in [3.8, 4) is 0 Å². The molecular formula is C48H85NO12P+. The van der Waals surface area contributed by atoms with Gasteiger partial charge in [0.25, 0.3) is 0 Å². The third-order valence-corrected chi connectivity index (χ3v) is 12.8. The Bertz CT molecular complexity index is 1500. The molecule has 1 saturated carbocycles. The van der Waals surface area contributed by atoms with Gasteiger partial charge in [0.2, 0.25) is 0 Å². The van der Waals surface area contributed by atoms with E-state index in [1.807, 2.05) is 21.1 Å². The smallest absolute Gasteiger partial charge is 0.466 e. The molecule has 0 spiro atoms. The number of carbonyl (C=O) groups is 2. The summed E-state index contributed by atoms with van der Waals surface area (Å²) in [4.78, 5) is 35.8. The number of aliphatic hydroxyl groups excluding tert-OH is 3. The summed E-state index contributed by atoms with van der Waals surface area (Å²) >= 11 is 0. The third-order valence-electron chi connectivity index (χ3n) is 11.8. The van der Waals surface area contributed by atoms with Gasteiger partial charge in [-0.05, 0) is 63.0 Å². The van der Waals surface area contributed by atoms with Crippen molar-refractivity contribution >= 4 is 19.8 Å². The van der Waals surface area contributed by atoms with Gasteiger partial charge in [-0.25, -0.2) is 4.57 Å². The number of aliphatic hydroxyl groups is 3. The summed E-state index contributed by atoms with van der Waals surface area (Å²) < 4.78 is 40.5. The fraction of sp³-hybridized carbons (Fsp3) is 0.792. The van der Waals surface area contributed by atoms with Gasteiger partial charge >= 0.3 is 19.8 Å². The topological polar surface area (TPSA) is 182 Å². The van der Waals surface area contributed by atoms with Gasteiger partial charge in [-0.1, -0.05) is 109 Å². The van der Waals surface area contributed by atoms with Crippen molar-refractivity contribution in [2.24, 2.45) is 11.8 Å². The minimum atomic E-state index is -4.48. The van der Waals surface area contributed by atoms with Gasteiger partial charge in [0.05, 0.1) is 52.5 Å². The van der Waals surface area contributed by atoms with Crippen LogP contribution in [0.5, 0.6) is 0 Å². The van der Waals surface area contributed by atoms with E-state index in [2.05, 4.69) is 27.7 Å². The molecule has 0 amide bonds. The number of aryl methyl sites for hydroxylation is 2. The van der Waals surface area contributed by atoms with Gasteiger partial charge in [0.1, 0.15) is 31.3 Å². The molecule has 2 rings (SSSR count). The molecule has 4 N–H and O–H groups in total. The summed E-state index contributed by atoms with van der Waals surface area (Å²) in [5, 5.41) is 31.5. The van der Waals surface area contributed by atoms with Gasteiger partial charge in [0.15, 0.2) is 6.10 Å². The van der Waals surface area contributed by atoms with Crippen LogP contribution in [0.25, 0.3) is 0 Å². The monoisotopic (exact) mass is 899 g/mol. The standard InChI is InChI=1S/C48H84NO12P/c1-8-10-18-24-39(50)30-31-42-41(43(51)34-44(42)52)25-22-23-29-48(54)60-40(36-59-62(55,56)58-33-32-49(5,6)7)35-57-47(53)28-21-17-15-13-12-14-16-20-27-46-38(4)37(3)45(61-46)26-19-11-9-2/h22-23,30-31,39-44,50-52H,8-21,24-29,32-36H2,1-7H3/p+1/b23-22-,31-30+/t39-,40-,41+,42-,43+,44-/m1/s1. The number of hydrogen-bond donors (Lipinski definition) is 4. The maximum Gasteiger partial charge on any atom is 0.472 e. The highest BCUT2D eigenvalue weighted by Gasteiger charge is 2.39. The SMILES string of the molecule is CCCCCc1oc(CCCCCCCCCCC(=O)OC[C@H](COP(=O)(O)OCC[N+](C)(C)C)OC(=O)C/C=C\C[C@H]2[C@@H](/C=C/[C@H](O)CCCCC)[C@H](O)C[C@@H]2O)c(C)c1C. The molecule has 14 heteroatoms. The predicted molar refractivity (Wildman–Crippen MR) is 243 cm³/mol. The molecule has 1 heterocycles. The molecule has 1 aromatic rings. The molecule has 0 saturated heterocycles. The second kappa shape index (κ2) is 30.7. The Morgan fingerprint density at radius 1 is 0.806 bits per heavy atom. The molecule has 0 radical (unpaired) electrons. The second-order valence-corrected chi connectivity index (χ2v) is 19.8. The van der Waals surface area contributed by atoms with Crippen molar-refractivity contribution in [3.63, 3.8) is 0 Å². The van der Waals surface area contributed by atoms with Crippen molar-refractivity contribution in [1.82, 2.24) is 0 Å². The number of carbonyl (C=O) groups excluding carboxylic acids is 2. The fourth-order valence-electron chi connectivity index (χ4n) is 7.70. The molecule has 0 bridgehead atoms. The molecule has 0 aliphatic heterocycles. The van der Waals surface area contributed by atoms with Crippen LogP contribution in [0.1, 0.15) is 158 Å². The number of ether oxygens (including phenoxy) is 2. The number of phosphoric acid groups is 1. The summed E-state index contributed by atoms with van der Waals surface area (Å²) in [6.07, 6.45) is 21.8. The van der Waals surface area contributed by atoms with Gasteiger partial charge in [-0.3, -0.25) is 18.6 Å². The first-order valence-corrected chi connectivity index (χ1v) is 25.2. The lowest BCUT2D eigenvalue weighted by atomic mass is 9.89. The maximum atomic E-state index is 12.9. The van der Waals surface area contributed by atoms with Gasteiger partial charge in [-0.2, -0.15) is 0 Å². The molecule has 1 aromatic heterocycles. The maximum absolute atomic E-state index is 12.9. The normalized spacial score (nSPS) is 20.2. The van der Waals surface area contributed by atoms with Crippen molar-refractivity contribution in [1.29, 1.82) is 0 Å². The largest absolute Gasteiger partial charge is 0.472 e. The fourth-order valence-corrected chi connectivity index (χ4v) is 8.44. The molecule has 1 fully saturated rings. The molecule has 0 aromatic carbocycles. The number of allylic oxidation sites excluding steroid dienone is 1. The number of hydrogen-bond acceptors (Lipinski definition) is 11. The van der Waals surface area contributed by atoms with Crippen LogP contribution < -0.4 is 0 Å². The summed E-state index contributed by atoms with van der Waals surface area (Å²) in [5.74, 6) is 0.552. The number of unbranched alkanes of at least 4 members (excludes halogenated alkanes) is 11. The van der Waals surface area contributed by atoms with Gasteiger partial charge < -0.3 is 38.6 Å². The molecule has 13 nitrogen and oxygen atoms in total. The lowest BCUT2D eigenvalue weighted by molar-refractivity contribution is -0.870. The average Bonchev–Trinajstić information content (AvgIpc) is 3.63. The van der Waals surface area contributed by atoms with Crippen LogP contribution in [-0.4, -0.2) is 109 Å². The zero-order valence-corrected chi connectivity index (χ0v) is 40.3. The zero-order valence-electron chi connectivity index (χ0n) is 39.4. The minimum absolute atomic E-state index is 0.0321. The van der Waals surface area contributed by atoms with Crippen molar-refractivity contribution in [2.75, 3.05) is 47.5 Å². The summed E-state index contributed by atoms with van der Waals surface area (Å²) in [6.45, 7) is 8.22. The van der Waals surface area contributed by atoms with E-state index in [1.165, 1.54) is 36.8 Å². The molecule has 1 aliphatic carbocycles. The highest BCUT2D eigenvalue weighted by atomic mass is 31.2. The second-order valence-electron chi connectivity index (χ2n) is 18.4. The van der Waals surface area contributed by atoms with Gasteiger partial charge in [-0.15, -0.1) is 0 Å². The van der Waals surface area contributed by atoms with E-state index < -0.39 is 50.8 Å². The van der Waals surface area contributed by atoms with Crippen molar-refractivity contribution in [2.45, 2.75) is 187 Å². The first-order chi connectivity index (χ1) is 29.5. The lowest BCUT2D eigenvalue weighted by Crippen LogP contribution is -2.37. The predicted octanol–water partition coefficient (Wildman–Crippen LogP) is 9.17. The van der Waals surface area contributed by atoms with E-state index in [0.29, 0.717) is 30.3 Å². The van der Waals surface area contributed by atoms with Crippen molar-refractivity contribution in [3.05, 3.63) is 47.0 Å². The number of quaternary nitrogens is 1. The Labute approximate surface area is 373 Å². The number of nitrogens with zero attached hydrogens (tertiary/aromatic N) is 1. The Hall–Kier alpha value is -2.35. The first kappa shape index (κ1) is 55.8. The molecule has 358 valence electrons. The average molecular weight is 899 g/mol. The zero-order chi connectivity index (χ0) is 46.0. The quantitative estimate of drug-likeness (QED) is 0.0167. The highest BCUT2D eigenvalue weighted by molar-refractivity contribution is 7.47. The Balaban J connectivity index is 1.78. The number of furan rings is 1. The molecule has 62 heavy (non-hydrogen) atoms. The summed E-state index contributed by atoms with van der Waals surface area (Å²) in [7, 11) is 1.26. The van der Waals surface area contributed by atoms with E-state index >= 15 is 0 Å². The Kier molecular flexibility index (Phi) is 27.6. The van der Waals surface area contributed by atoms with E-state index in [-0.39, 0.29) is 44.3 Å². The summed E-state index contributed by atoms with van der Waals surface area (Å²) in [5.41, 5.74) is 2.63. The van der Waals surface area contributed by atoms with Crippen molar-refractivity contribution < 1.29 is 61.8 Å². The molecule has 1 aliphatic rings. The van der Waals surface area contributed by atoms with Crippen LogP contribution in [-0.2, 0) is 45.5 Å². The minimum Gasteiger partial charge on any atom is -0.466 e. The van der Waals surface area contributed by atoms with E-state index in [0.717, 1.165) is 82.1 Å². The van der Waals surface area contributed by atoms with Crippen LogP contribution in [0.3, 0.4) is 0 Å².